The van der Waals surface area contributed by atoms with Crippen molar-refractivity contribution in [1.82, 2.24) is 14.8 Å². The van der Waals surface area contributed by atoms with E-state index in [1.807, 2.05) is 10.9 Å². The van der Waals surface area contributed by atoms with Gasteiger partial charge in [0.2, 0.25) is 0 Å². The summed E-state index contributed by atoms with van der Waals surface area (Å²) in [6.45, 7) is 4.21. The van der Waals surface area contributed by atoms with Crippen LogP contribution in [-0.2, 0) is 6.42 Å². The Morgan fingerprint density at radius 3 is 2.38 bits per heavy atom. The zero-order valence-electron chi connectivity index (χ0n) is 16.4. The van der Waals surface area contributed by atoms with Crippen molar-refractivity contribution in [2.45, 2.75) is 20.3 Å². The zero-order chi connectivity index (χ0) is 20.0. The van der Waals surface area contributed by atoms with Gasteiger partial charge in [-0.15, -0.1) is 0 Å². The molecule has 0 unspecified atom stereocenters. The first-order valence-corrected chi connectivity index (χ1v) is 9.77. The molecule has 0 radical (unpaired) electrons. The van der Waals surface area contributed by atoms with Gasteiger partial charge in [-0.3, -0.25) is 4.98 Å². The van der Waals surface area contributed by atoms with E-state index in [4.69, 9.17) is 10.1 Å². The van der Waals surface area contributed by atoms with Crippen molar-refractivity contribution in [3.63, 3.8) is 0 Å². The summed E-state index contributed by atoms with van der Waals surface area (Å²) in [5.74, 6) is -0.260. The Bertz CT molecular complexity index is 1330. The Hall–Kier alpha value is -3.53. The van der Waals surface area contributed by atoms with Gasteiger partial charge < -0.3 is 0 Å². The van der Waals surface area contributed by atoms with Crippen molar-refractivity contribution in [2.75, 3.05) is 0 Å². The molecule has 0 N–H and O–H groups in total. The van der Waals surface area contributed by atoms with Gasteiger partial charge in [-0.2, -0.15) is 5.10 Å². The summed E-state index contributed by atoms with van der Waals surface area (Å²) in [6, 6.07) is 21.1. The summed E-state index contributed by atoms with van der Waals surface area (Å²) in [5.41, 5.74) is 7.10. The van der Waals surface area contributed by atoms with Gasteiger partial charge in [0.05, 0.1) is 16.7 Å². The van der Waals surface area contributed by atoms with Crippen LogP contribution in [0.4, 0.5) is 4.39 Å². The Morgan fingerprint density at radius 1 is 0.897 bits per heavy atom. The first-order chi connectivity index (χ1) is 14.1. The van der Waals surface area contributed by atoms with E-state index in [1.165, 1.54) is 23.3 Å². The number of halogens is 1. The highest BCUT2D eigenvalue weighted by atomic mass is 19.1. The maximum absolute atomic E-state index is 13.5. The number of fused-ring (bicyclic) bond motifs is 3. The molecule has 2 aromatic heterocycles. The topological polar surface area (TPSA) is 30.7 Å². The van der Waals surface area contributed by atoms with Crippen LogP contribution < -0.4 is 0 Å². The van der Waals surface area contributed by atoms with Crippen molar-refractivity contribution in [3.8, 4) is 16.9 Å². The number of aromatic nitrogens is 3. The van der Waals surface area contributed by atoms with Gasteiger partial charge >= 0.3 is 0 Å². The van der Waals surface area contributed by atoms with E-state index >= 15 is 0 Å². The average Bonchev–Trinajstić information content (AvgIpc) is 3.14. The van der Waals surface area contributed by atoms with Crippen LogP contribution in [0, 0.1) is 12.7 Å². The van der Waals surface area contributed by atoms with E-state index in [-0.39, 0.29) is 5.82 Å². The summed E-state index contributed by atoms with van der Waals surface area (Å²) < 4.78 is 15.4. The van der Waals surface area contributed by atoms with Crippen molar-refractivity contribution in [2.24, 2.45) is 0 Å². The second-order valence-corrected chi connectivity index (χ2v) is 7.33. The van der Waals surface area contributed by atoms with Crippen LogP contribution in [0.1, 0.15) is 18.1 Å². The van der Waals surface area contributed by atoms with Gasteiger partial charge in [0.25, 0.3) is 0 Å². The Balaban J connectivity index is 1.88. The minimum atomic E-state index is -0.260. The van der Waals surface area contributed by atoms with Crippen molar-refractivity contribution in [1.29, 1.82) is 0 Å². The largest absolute Gasteiger partial charge is 0.255 e. The zero-order valence-corrected chi connectivity index (χ0v) is 16.4. The second kappa shape index (κ2) is 6.82. The molecule has 0 aliphatic heterocycles. The summed E-state index contributed by atoms with van der Waals surface area (Å²) in [5, 5.41) is 6.99. The fourth-order valence-electron chi connectivity index (χ4n) is 3.74. The number of aryl methyl sites for hydroxylation is 2. The van der Waals surface area contributed by atoms with E-state index in [0.717, 1.165) is 45.2 Å². The number of nitrogens with zero attached hydrogens (tertiary/aromatic N) is 3. The Kier molecular flexibility index (Phi) is 4.13. The molecule has 5 rings (SSSR count). The maximum atomic E-state index is 13.5. The highest BCUT2D eigenvalue weighted by Crippen LogP contribution is 2.34. The molecule has 3 nitrogen and oxygen atoms in total. The van der Waals surface area contributed by atoms with Gasteiger partial charge in [0.15, 0.2) is 0 Å². The summed E-state index contributed by atoms with van der Waals surface area (Å²) >= 11 is 0. The number of hydrogen-bond acceptors (Lipinski definition) is 2. The van der Waals surface area contributed by atoms with Gasteiger partial charge in [-0.05, 0) is 55.3 Å². The lowest BCUT2D eigenvalue weighted by atomic mass is 10.0. The molecule has 0 aliphatic carbocycles. The fraction of sp³-hybridized carbons (Fsp3) is 0.120. The smallest absolute Gasteiger partial charge is 0.123 e. The molecule has 0 saturated heterocycles. The van der Waals surface area contributed by atoms with Crippen LogP contribution in [0.25, 0.3) is 38.8 Å². The van der Waals surface area contributed by atoms with Crippen LogP contribution in [-0.4, -0.2) is 14.8 Å². The molecule has 0 bridgehead atoms. The molecule has 4 heteroatoms. The predicted octanol–water partition coefficient (Wildman–Crippen LogP) is 6.25. The standard InChI is InChI=1S/C25H20FN3/c1-3-17-6-13-23-21(14-17)25-22(15-27-23)24(18-7-4-16(2)5-8-18)28-29(25)20-11-9-19(26)10-12-20/h4-15H,3H2,1-2H3. The van der Waals surface area contributed by atoms with E-state index in [9.17, 15) is 4.39 Å². The lowest BCUT2D eigenvalue weighted by Crippen LogP contribution is -1.97. The SMILES string of the molecule is CCc1ccc2ncc3c(-c4ccc(C)cc4)nn(-c4ccc(F)cc4)c3c2c1. The molecule has 0 aliphatic rings. The molecule has 2 heterocycles. The highest BCUT2D eigenvalue weighted by molar-refractivity contribution is 6.08. The third kappa shape index (κ3) is 2.97. The molecule has 142 valence electrons. The number of rotatable bonds is 3. The first kappa shape index (κ1) is 17.6. The predicted molar refractivity (Wildman–Crippen MR) is 116 cm³/mol. The van der Waals surface area contributed by atoms with Crippen LogP contribution in [0.15, 0.2) is 72.9 Å². The lowest BCUT2D eigenvalue weighted by molar-refractivity contribution is 0.627. The van der Waals surface area contributed by atoms with Gasteiger partial charge in [0, 0.05) is 22.5 Å². The number of hydrogen-bond donors (Lipinski definition) is 0. The molecule has 0 saturated carbocycles. The van der Waals surface area contributed by atoms with Crippen LogP contribution in [0.5, 0.6) is 0 Å². The third-order valence-corrected chi connectivity index (χ3v) is 5.38. The van der Waals surface area contributed by atoms with Crippen LogP contribution in [0.2, 0.25) is 0 Å². The van der Waals surface area contributed by atoms with Gasteiger partial charge in [0.1, 0.15) is 11.5 Å². The van der Waals surface area contributed by atoms with Crippen LogP contribution >= 0.6 is 0 Å². The normalized spacial score (nSPS) is 11.4. The molecule has 3 aromatic carbocycles. The summed E-state index contributed by atoms with van der Waals surface area (Å²) in [7, 11) is 0. The van der Waals surface area contributed by atoms with Gasteiger partial charge in [-0.25, -0.2) is 9.07 Å². The molecule has 0 atom stereocenters. The minimum Gasteiger partial charge on any atom is -0.255 e. The van der Waals surface area contributed by atoms with E-state index < -0.39 is 0 Å². The van der Waals surface area contributed by atoms with Crippen molar-refractivity contribution < 1.29 is 4.39 Å². The lowest BCUT2D eigenvalue weighted by Gasteiger charge is -2.07. The number of benzene rings is 3. The van der Waals surface area contributed by atoms with Gasteiger partial charge in [-0.1, -0.05) is 42.8 Å². The Morgan fingerprint density at radius 2 is 1.66 bits per heavy atom. The molecular formula is C25H20FN3. The third-order valence-electron chi connectivity index (χ3n) is 5.38. The van der Waals surface area contributed by atoms with E-state index in [1.54, 1.807) is 12.1 Å². The molecule has 29 heavy (non-hydrogen) atoms. The monoisotopic (exact) mass is 381 g/mol. The maximum Gasteiger partial charge on any atom is 0.123 e. The summed E-state index contributed by atoms with van der Waals surface area (Å²) in [6.07, 6.45) is 2.84. The minimum absolute atomic E-state index is 0.260. The average molecular weight is 381 g/mol. The molecule has 0 fully saturated rings. The molecular weight excluding hydrogens is 361 g/mol. The van der Waals surface area contributed by atoms with Crippen molar-refractivity contribution >= 4 is 21.8 Å². The number of pyridine rings is 1. The first-order valence-electron chi connectivity index (χ1n) is 9.77. The molecule has 0 spiro atoms. The molecule has 0 amide bonds. The van der Waals surface area contributed by atoms with Crippen LogP contribution in [0.3, 0.4) is 0 Å². The second-order valence-electron chi connectivity index (χ2n) is 7.33. The summed E-state index contributed by atoms with van der Waals surface area (Å²) in [4.78, 5) is 4.70. The van der Waals surface area contributed by atoms with E-state index in [0.29, 0.717) is 0 Å². The quantitative estimate of drug-likeness (QED) is 0.370. The van der Waals surface area contributed by atoms with E-state index in [2.05, 4.69) is 56.3 Å². The fourth-order valence-corrected chi connectivity index (χ4v) is 3.74. The van der Waals surface area contributed by atoms with Crippen molar-refractivity contribution in [3.05, 3.63) is 89.9 Å². The molecule has 5 aromatic rings. The highest BCUT2D eigenvalue weighted by Gasteiger charge is 2.17. The Labute approximate surface area is 168 Å².